The standard InChI is InChI=1S/C11H17NO4/c13-9(11(10(14)15)6-16-7-11)12-5-4-8-2-1-3-8/h8H,1-7H2,(H,12,13)(H,14,15). The van der Waals surface area contributed by atoms with E-state index < -0.39 is 17.3 Å². The van der Waals surface area contributed by atoms with Crippen LogP contribution in [0, 0.1) is 11.3 Å². The molecule has 1 aliphatic carbocycles. The summed E-state index contributed by atoms with van der Waals surface area (Å²) in [7, 11) is 0. The molecule has 90 valence electrons. The Morgan fingerprint density at radius 3 is 2.44 bits per heavy atom. The van der Waals surface area contributed by atoms with Gasteiger partial charge in [-0.15, -0.1) is 0 Å². The fraction of sp³-hybridized carbons (Fsp3) is 0.818. The molecule has 16 heavy (non-hydrogen) atoms. The molecular formula is C11H17NO4. The van der Waals surface area contributed by atoms with Crippen molar-refractivity contribution >= 4 is 11.9 Å². The second-order valence-electron chi connectivity index (χ2n) is 4.72. The Labute approximate surface area is 94.2 Å². The van der Waals surface area contributed by atoms with Crippen molar-refractivity contribution in [2.45, 2.75) is 25.7 Å². The number of rotatable bonds is 5. The van der Waals surface area contributed by atoms with Gasteiger partial charge in [0.15, 0.2) is 5.41 Å². The normalized spacial score (nSPS) is 23.0. The van der Waals surface area contributed by atoms with Gasteiger partial charge in [0.1, 0.15) is 0 Å². The van der Waals surface area contributed by atoms with Crippen LogP contribution < -0.4 is 5.32 Å². The van der Waals surface area contributed by atoms with E-state index in [1.165, 1.54) is 19.3 Å². The summed E-state index contributed by atoms with van der Waals surface area (Å²) in [5.74, 6) is -0.760. The highest BCUT2D eigenvalue weighted by Gasteiger charge is 2.53. The van der Waals surface area contributed by atoms with Crippen molar-refractivity contribution in [3.05, 3.63) is 0 Å². The second kappa shape index (κ2) is 4.41. The summed E-state index contributed by atoms with van der Waals surface area (Å²) in [6.07, 6.45) is 4.72. The van der Waals surface area contributed by atoms with Gasteiger partial charge in [-0.1, -0.05) is 19.3 Å². The minimum atomic E-state index is -1.32. The van der Waals surface area contributed by atoms with Crippen molar-refractivity contribution in [1.82, 2.24) is 5.32 Å². The van der Waals surface area contributed by atoms with E-state index in [4.69, 9.17) is 9.84 Å². The van der Waals surface area contributed by atoms with Crippen LogP contribution in [0.4, 0.5) is 0 Å². The molecule has 0 bridgehead atoms. The van der Waals surface area contributed by atoms with Gasteiger partial charge < -0.3 is 15.2 Å². The number of nitrogens with one attached hydrogen (secondary N) is 1. The van der Waals surface area contributed by atoms with Gasteiger partial charge in [-0.3, -0.25) is 9.59 Å². The van der Waals surface area contributed by atoms with Crippen molar-refractivity contribution in [2.75, 3.05) is 19.8 Å². The third kappa shape index (κ3) is 1.91. The Bertz CT molecular complexity index is 294. The quantitative estimate of drug-likeness (QED) is 0.666. The first-order valence-corrected chi connectivity index (χ1v) is 5.74. The molecule has 0 radical (unpaired) electrons. The lowest BCUT2D eigenvalue weighted by atomic mass is 9.82. The molecule has 1 heterocycles. The maximum atomic E-state index is 11.7. The summed E-state index contributed by atoms with van der Waals surface area (Å²) < 4.78 is 4.84. The van der Waals surface area contributed by atoms with E-state index in [-0.39, 0.29) is 13.2 Å². The number of amides is 1. The first-order chi connectivity index (χ1) is 7.65. The Kier molecular flexibility index (Phi) is 3.14. The SMILES string of the molecule is O=C(O)C1(C(=O)NCCC2CCC2)COC1. The lowest BCUT2D eigenvalue weighted by Crippen LogP contribution is -2.59. The van der Waals surface area contributed by atoms with Crippen LogP contribution in [0.1, 0.15) is 25.7 Å². The van der Waals surface area contributed by atoms with Gasteiger partial charge in [-0.2, -0.15) is 0 Å². The van der Waals surface area contributed by atoms with Crippen molar-refractivity contribution in [3.63, 3.8) is 0 Å². The number of ether oxygens (including phenoxy) is 1. The topological polar surface area (TPSA) is 75.6 Å². The molecule has 0 aromatic heterocycles. The maximum Gasteiger partial charge on any atom is 0.324 e. The first kappa shape index (κ1) is 11.4. The van der Waals surface area contributed by atoms with Crippen LogP contribution in [-0.2, 0) is 14.3 Å². The molecule has 2 rings (SSSR count). The molecule has 0 unspecified atom stereocenters. The van der Waals surface area contributed by atoms with Gasteiger partial charge in [0, 0.05) is 6.54 Å². The summed E-state index contributed by atoms with van der Waals surface area (Å²) in [5, 5.41) is 11.7. The summed E-state index contributed by atoms with van der Waals surface area (Å²) in [4.78, 5) is 22.7. The van der Waals surface area contributed by atoms with Crippen molar-refractivity contribution < 1.29 is 19.4 Å². The van der Waals surface area contributed by atoms with E-state index in [9.17, 15) is 9.59 Å². The summed E-state index contributed by atoms with van der Waals surface area (Å²) in [6, 6.07) is 0. The molecule has 5 nitrogen and oxygen atoms in total. The van der Waals surface area contributed by atoms with Crippen LogP contribution in [0.5, 0.6) is 0 Å². The van der Waals surface area contributed by atoms with Crippen LogP contribution in [0.2, 0.25) is 0 Å². The number of carboxylic acid groups (broad SMARTS) is 1. The number of hydrogen-bond donors (Lipinski definition) is 2. The molecule has 1 saturated carbocycles. The number of aliphatic carboxylic acids is 1. The molecule has 1 aliphatic heterocycles. The van der Waals surface area contributed by atoms with Gasteiger partial charge in [0.2, 0.25) is 5.91 Å². The van der Waals surface area contributed by atoms with Crippen LogP contribution in [-0.4, -0.2) is 36.7 Å². The van der Waals surface area contributed by atoms with Crippen molar-refractivity contribution in [3.8, 4) is 0 Å². The Morgan fingerprint density at radius 1 is 1.38 bits per heavy atom. The monoisotopic (exact) mass is 227 g/mol. The van der Waals surface area contributed by atoms with Gasteiger partial charge >= 0.3 is 5.97 Å². The first-order valence-electron chi connectivity index (χ1n) is 5.74. The Balaban J connectivity index is 1.75. The van der Waals surface area contributed by atoms with Crippen LogP contribution in [0.3, 0.4) is 0 Å². The molecule has 0 aromatic carbocycles. The third-order valence-electron chi connectivity index (χ3n) is 3.60. The predicted molar refractivity (Wildman–Crippen MR) is 55.9 cm³/mol. The Hall–Kier alpha value is -1.10. The summed E-state index contributed by atoms with van der Waals surface area (Å²) >= 11 is 0. The molecule has 0 spiro atoms. The van der Waals surface area contributed by atoms with Gasteiger partial charge in [0.25, 0.3) is 0 Å². The van der Waals surface area contributed by atoms with E-state index >= 15 is 0 Å². The van der Waals surface area contributed by atoms with Crippen molar-refractivity contribution in [2.24, 2.45) is 11.3 Å². The average molecular weight is 227 g/mol. The molecule has 2 aliphatic rings. The number of carbonyl (C=O) groups is 2. The van der Waals surface area contributed by atoms with Crippen molar-refractivity contribution in [1.29, 1.82) is 0 Å². The summed E-state index contributed by atoms with van der Waals surface area (Å²) in [5.41, 5.74) is -1.32. The second-order valence-corrected chi connectivity index (χ2v) is 4.72. The molecule has 1 amide bonds. The highest BCUT2D eigenvalue weighted by molar-refractivity contribution is 6.03. The third-order valence-corrected chi connectivity index (χ3v) is 3.60. The fourth-order valence-electron chi connectivity index (χ4n) is 2.00. The highest BCUT2D eigenvalue weighted by Crippen LogP contribution is 2.30. The van der Waals surface area contributed by atoms with Gasteiger partial charge in [-0.25, -0.2) is 0 Å². The van der Waals surface area contributed by atoms with E-state index in [0.717, 1.165) is 12.3 Å². The highest BCUT2D eigenvalue weighted by atomic mass is 16.5. The van der Waals surface area contributed by atoms with E-state index in [0.29, 0.717) is 6.54 Å². The fourth-order valence-corrected chi connectivity index (χ4v) is 2.00. The molecule has 0 aromatic rings. The maximum absolute atomic E-state index is 11.7. The molecule has 0 atom stereocenters. The molecule has 5 heteroatoms. The zero-order valence-electron chi connectivity index (χ0n) is 9.20. The van der Waals surface area contributed by atoms with Crippen LogP contribution >= 0.6 is 0 Å². The molecule has 2 fully saturated rings. The number of carbonyl (C=O) groups excluding carboxylic acids is 1. The van der Waals surface area contributed by atoms with Gasteiger partial charge in [-0.05, 0) is 12.3 Å². The minimum Gasteiger partial charge on any atom is -0.480 e. The lowest BCUT2D eigenvalue weighted by Gasteiger charge is -2.35. The molecule has 2 N–H and O–H groups in total. The van der Waals surface area contributed by atoms with E-state index in [1.807, 2.05) is 0 Å². The molecule has 1 saturated heterocycles. The van der Waals surface area contributed by atoms with E-state index in [1.54, 1.807) is 0 Å². The number of hydrogen-bond acceptors (Lipinski definition) is 3. The summed E-state index contributed by atoms with van der Waals surface area (Å²) in [6.45, 7) is 0.577. The molecular weight excluding hydrogens is 210 g/mol. The predicted octanol–water partition coefficient (Wildman–Crippen LogP) is 0.394. The van der Waals surface area contributed by atoms with Gasteiger partial charge in [0.05, 0.1) is 13.2 Å². The van der Waals surface area contributed by atoms with Crippen LogP contribution in [0.25, 0.3) is 0 Å². The lowest BCUT2D eigenvalue weighted by molar-refractivity contribution is -0.185. The Morgan fingerprint density at radius 2 is 2.06 bits per heavy atom. The van der Waals surface area contributed by atoms with E-state index in [2.05, 4.69) is 5.32 Å². The average Bonchev–Trinajstić information content (AvgIpc) is 2.06. The number of carboxylic acids is 1. The smallest absolute Gasteiger partial charge is 0.324 e. The largest absolute Gasteiger partial charge is 0.480 e. The van der Waals surface area contributed by atoms with Crippen LogP contribution in [0.15, 0.2) is 0 Å². The zero-order chi connectivity index (χ0) is 11.6. The minimum absolute atomic E-state index is 0.00239. The zero-order valence-corrected chi connectivity index (χ0v) is 9.20.